The maximum Gasteiger partial charge on any atom is 0.0175 e. The van der Waals surface area contributed by atoms with Gasteiger partial charge in [-0.3, -0.25) is 0 Å². The summed E-state index contributed by atoms with van der Waals surface area (Å²) < 4.78 is 0. The van der Waals surface area contributed by atoms with Crippen molar-refractivity contribution in [3.63, 3.8) is 0 Å². The van der Waals surface area contributed by atoms with E-state index in [9.17, 15) is 0 Å². The maximum atomic E-state index is 3.50. The molecule has 0 aliphatic carbocycles. The summed E-state index contributed by atoms with van der Waals surface area (Å²) in [6.07, 6.45) is 7.88. The van der Waals surface area contributed by atoms with Gasteiger partial charge in [0.05, 0.1) is 0 Å². The number of hydrogen-bond donors (Lipinski definition) is 1. The van der Waals surface area contributed by atoms with E-state index in [1.807, 2.05) is 0 Å². The Bertz CT molecular complexity index is 95.2. The van der Waals surface area contributed by atoms with Crippen LogP contribution >= 0.6 is 0 Å². The number of rotatable bonds is 7. The molecule has 1 N–H and O–H groups in total. The van der Waals surface area contributed by atoms with Crippen LogP contribution in [0.2, 0.25) is 0 Å². The van der Waals surface area contributed by atoms with Crippen LogP contribution in [0.1, 0.15) is 59.3 Å². The van der Waals surface area contributed by atoms with Gasteiger partial charge < -0.3 is 5.32 Å². The number of unbranched alkanes of at least 4 members (excludes halogenated alkanes) is 1. The van der Waals surface area contributed by atoms with Crippen LogP contribution in [-0.4, -0.2) is 12.6 Å². The third-order valence-electron chi connectivity index (χ3n) is 2.94. The van der Waals surface area contributed by atoms with Crippen molar-refractivity contribution >= 4 is 0 Å². The lowest BCUT2D eigenvalue weighted by Gasteiger charge is -2.32. The minimum Gasteiger partial charge on any atom is -0.314 e. The van der Waals surface area contributed by atoms with Gasteiger partial charge in [0.2, 0.25) is 0 Å². The van der Waals surface area contributed by atoms with Gasteiger partial charge in [0.25, 0.3) is 0 Å². The molecule has 0 aromatic heterocycles. The third kappa shape index (κ3) is 3.57. The summed E-state index contributed by atoms with van der Waals surface area (Å²) in [7, 11) is 2.11. The first-order chi connectivity index (χ1) is 5.74. The van der Waals surface area contributed by atoms with Crippen molar-refractivity contribution in [1.29, 1.82) is 0 Å². The maximum absolute atomic E-state index is 3.50. The molecule has 1 heteroatoms. The molecule has 0 amide bonds. The molecule has 1 nitrogen and oxygen atoms in total. The summed E-state index contributed by atoms with van der Waals surface area (Å²) in [5.41, 5.74) is 0.435. The second-order valence-corrected chi connectivity index (χ2v) is 3.74. The minimum absolute atomic E-state index is 0.435. The highest BCUT2D eigenvalue weighted by atomic mass is 14.9. The lowest BCUT2D eigenvalue weighted by molar-refractivity contribution is 0.280. The van der Waals surface area contributed by atoms with Gasteiger partial charge in [-0.15, -0.1) is 0 Å². The Morgan fingerprint density at radius 1 is 1.00 bits per heavy atom. The van der Waals surface area contributed by atoms with E-state index in [0.717, 1.165) is 0 Å². The third-order valence-corrected chi connectivity index (χ3v) is 2.94. The molecule has 12 heavy (non-hydrogen) atoms. The Morgan fingerprint density at radius 3 is 2.00 bits per heavy atom. The Balaban J connectivity index is 3.95. The van der Waals surface area contributed by atoms with Crippen LogP contribution in [0.5, 0.6) is 0 Å². The quantitative estimate of drug-likeness (QED) is 0.619. The SMILES string of the molecule is CCCCC(CC)(CCC)NC. The zero-order valence-corrected chi connectivity index (χ0v) is 9.24. The molecule has 0 aromatic carbocycles. The fraction of sp³-hybridized carbons (Fsp3) is 1.00. The van der Waals surface area contributed by atoms with Gasteiger partial charge in [-0.25, -0.2) is 0 Å². The molecular weight excluding hydrogens is 146 g/mol. The van der Waals surface area contributed by atoms with Crippen LogP contribution in [0.25, 0.3) is 0 Å². The van der Waals surface area contributed by atoms with Crippen molar-refractivity contribution in [2.45, 2.75) is 64.8 Å². The Morgan fingerprint density at radius 2 is 1.67 bits per heavy atom. The smallest absolute Gasteiger partial charge is 0.0175 e. The van der Waals surface area contributed by atoms with Crippen LogP contribution in [0, 0.1) is 0 Å². The molecule has 0 radical (unpaired) electrons. The van der Waals surface area contributed by atoms with E-state index in [4.69, 9.17) is 0 Å². The summed E-state index contributed by atoms with van der Waals surface area (Å²) in [4.78, 5) is 0. The van der Waals surface area contributed by atoms with Gasteiger partial charge in [0.1, 0.15) is 0 Å². The fourth-order valence-electron chi connectivity index (χ4n) is 1.90. The fourth-order valence-corrected chi connectivity index (χ4v) is 1.90. The van der Waals surface area contributed by atoms with Crippen molar-refractivity contribution in [2.24, 2.45) is 0 Å². The second kappa shape index (κ2) is 6.47. The topological polar surface area (TPSA) is 12.0 Å². The van der Waals surface area contributed by atoms with Gasteiger partial charge in [-0.05, 0) is 26.3 Å². The summed E-state index contributed by atoms with van der Waals surface area (Å²) >= 11 is 0. The highest BCUT2D eigenvalue weighted by Gasteiger charge is 2.23. The van der Waals surface area contributed by atoms with Gasteiger partial charge in [0.15, 0.2) is 0 Å². The molecule has 0 rings (SSSR count). The highest BCUT2D eigenvalue weighted by Crippen LogP contribution is 2.23. The molecule has 0 spiro atoms. The molecule has 0 saturated carbocycles. The minimum atomic E-state index is 0.435. The summed E-state index contributed by atoms with van der Waals surface area (Å²) in [6, 6.07) is 0. The van der Waals surface area contributed by atoms with Gasteiger partial charge in [0, 0.05) is 5.54 Å². The first-order valence-electron chi connectivity index (χ1n) is 5.43. The zero-order valence-electron chi connectivity index (χ0n) is 9.24. The summed E-state index contributed by atoms with van der Waals surface area (Å²) in [5.74, 6) is 0. The average molecular weight is 171 g/mol. The summed E-state index contributed by atoms with van der Waals surface area (Å²) in [6.45, 7) is 6.83. The van der Waals surface area contributed by atoms with Gasteiger partial charge >= 0.3 is 0 Å². The van der Waals surface area contributed by atoms with Crippen LogP contribution < -0.4 is 5.32 Å². The van der Waals surface area contributed by atoms with Crippen LogP contribution in [0.15, 0.2) is 0 Å². The predicted molar refractivity (Wildman–Crippen MR) is 56.5 cm³/mol. The molecule has 1 atom stereocenters. The molecular formula is C11H25N. The molecule has 0 heterocycles. The molecule has 0 fully saturated rings. The summed E-state index contributed by atoms with van der Waals surface area (Å²) in [5, 5.41) is 3.50. The lowest BCUT2D eigenvalue weighted by atomic mass is 9.85. The lowest BCUT2D eigenvalue weighted by Crippen LogP contribution is -2.42. The van der Waals surface area contributed by atoms with E-state index >= 15 is 0 Å². The van der Waals surface area contributed by atoms with Gasteiger partial charge in [-0.1, -0.05) is 40.0 Å². The van der Waals surface area contributed by atoms with E-state index in [2.05, 4.69) is 33.1 Å². The number of hydrogen-bond acceptors (Lipinski definition) is 1. The first-order valence-corrected chi connectivity index (χ1v) is 5.43. The van der Waals surface area contributed by atoms with E-state index in [0.29, 0.717) is 5.54 Å². The van der Waals surface area contributed by atoms with Crippen molar-refractivity contribution < 1.29 is 0 Å². The van der Waals surface area contributed by atoms with Crippen LogP contribution in [-0.2, 0) is 0 Å². The Kier molecular flexibility index (Phi) is 6.45. The number of nitrogens with one attached hydrogen (secondary N) is 1. The Labute approximate surface area is 77.9 Å². The van der Waals surface area contributed by atoms with Crippen molar-refractivity contribution in [3.8, 4) is 0 Å². The van der Waals surface area contributed by atoms with E-state index in [-0.39, 0.29) is 0 Å². The first kappa shape index (κ1) is 12.0. The van der Waals surface area contributed by atoms with Crippen molar-refractivity contribution in [3.05, 3.63) is 0 Å². The molecule has 0 bridgehead atoms. The standard InChI is InChI=1S/C11H25N/c1-5-8-10-11(7-3,12-4)9-6-2/h12H,5-10H2,1-4H3. The molecule has 0 aliphatic heterocycles. The molecule has 0 aromatic rings. The predicted octanol–water partition coefficient (Wildman–Crippen LogP) is 3.34. The van der Waals surface area contributed by atoms with Crippen molar-refractivity contribution in [2.75, 3.05) is 7.05 Å². The molecule has 0 aliphatic rings. The van der Waals surface area contributed by atoms with E-state index < -0.39 is 0 Å². The molecule has 0 saturated heterocycles. The largest absolute Gasteiger partial charge is 0.314 e. The van der Waals surface area contributed by atoms with Crippen LogP contribution in [0.4, 0.5) is 0 Å². The van der Waals surface area contributed by atoms with Gasteiger partial charge in [-0.2, -0.15) is 0 Å². The van der Waals surface area contributed by atoms with E-state index in [1.54, 1.807) is 0 Å². The highest BCUT2D eigenvalue weighted by molar-refractivity contribution is 4.84. The second-order valence-electron chi connectivity index (χ2n) is 3.74. The van der Waals surface area contributed by atoms with E-state index in [1.165, 1.54) is 38.5 Å². The molecule has 1 unspecified atom stereocenters. The average Bonchev–Trinajstić information content (AvgIpc) is 2.13. The molecule has 74 valence electrons. The van der Waals surface area contributed by atoms with Crippen molar-refractivity contribution in [1.82, 2.24) is 5.32 Å². The monoisotopic (exact) mass is 171 g/mol. The normalized spacial score (nSPS) is 16.0. The van der Waals surface area contributed by atoms with Crippen LogP contribution in [0.3, 0.4) is 0 Å². The zero-order chi connectivity index (χ0) is 9.45. The Hall–Kier alpha value is -0.0400.